The van der Waals surface area contributed by atoms with Crippen LogP contribution in [0.5, 0.6) is 0 Å². The van der Waals surface area contributed by atoms with Crippen LogP contribution in [0.1, 0.15) is 15.9 Å². The number of halogens is 1. The van der Waals surface area contributed by atoms with E-state index in [9.17, 15) is 9.18 Å². The molecule has 2 aromatic rings. The zero-order chi connectivity index (χ0) is 12.5. The van der Waals surface area contributed by atoms with Crippen LogP contribution >= 0.6 is 0 Å². The van der Waals surface area contributed by atoms with Crippen molar-refractivity contribution in [1.82, 2.24) is 0 Å². The van der Waals surface area contributed by atoms with Crippen molar-refractivity contribution in [2.75, 3.05) is 11.4 Å². The van der Waals surface area contributed by atoms with E-state index in [4.69, 9.17) is 0 Å². The topological polar surface area (TPSA) is 20.3 Å². The molecule has 2 aromatic carbocycles. The zero-order valence-corrected chi connectivity index (χ0v) is 9.77. The summed E-state index contributed by atoms with van der Waals surface area (Å²) in [6.07, 6.45) is 0.878. The molecule has 0 fully saturated rings. The highest BCUT2D eigenvalue weighted by molar-refractivity contribution is 6.07. The van der Waals surface area contributed by atoms with Crippen molar-refractivity contribution in [3.8, 4) is 0 Å². The number of carbonyl (C=O) groups excluding carboxylic acids is 1. The number of amides is 1. The maximum absolute atomic E-state index is 12.8. The number of para-hydroxylation sites is 1. The second-order valence-corrected chi connectivity index (χ2v) is 4.34. The van der Waals surface area contributed by atoms with E-state index in [0.29, 0.717) is 12.1 Å². The highest BCUT2D eigenvalue weighted by atomic mass is 19.1. The van der Waals surface area contributed by atoms with Gasteiger partial charge in [-0.15, -0.1) is 0 Å². The fourth-order valence-corrected chi connectivity index (χ4v) is 2.30. The van der Waals surface area contributed by atoms with Crippen LogP contribution < -0.4 is 4.90 Å². The van der Waals surface area contributed by atoms with E-state index < -0.39 is 0 Å². The van der Waals surface area contributed by atoms with Crippen molar-refractivity contribution in [3.63, 3.8) is 0 Å². The van der Waals surface area contributed by atoms with Crippen molar-refractivity contribution in [3.05, 3.63) is 65.5 Å². The molecule has 3 rings (SSSR count). The van der Waals surface area contributed by atoms with E-state index >= 15 is 0 Å². The third kappa shape index (κ3) is 1.78. The number of rotatable bonds is 1. The van der Waals surface area contributed by atoms with E-state index in [-0.39, 0.29) is 11.7 Å². The lowest BCUT2D eigenvalue weighted by Gasteiger charge is -2.17. The van der Waals surface area contributed by atoms with Gasteiger partial charge in [0.2, 0.25) is 0 Å². The molecule has 0 saturated heterocycles. The minimum atomic E-state index is -0.326. The first-order valence-corrected chi connectivity index (χ1v) is 5.91. The van der Waals surface area contributed by atoms with Gasteiger partial charge in [-0.2, -0.15) is 0 Å². The lowest BCUT2D eigenvalue weighted by molar-refractivity contribution is 0.0989. The summed E-state index contributed by atoms with van der Waals surface area (Å²) in [5, 5.41) is 0. The van der Waals surface area contributed by atoms with Crippen LogP contribution in [0, 0.1) is 5.82 Å². The van der Waals surface area contributed by atoms with Gasteiger partial charge in [0.15, 0.2) is 0 Å². The van der Waals surface area contributed by atoms with Crippen molar-refractivity contribution in [2.45, 2.75) is 6.42 Å². The number of carbonyl (C=O) groups is 1. The molecule has 1 aliphatic rings. The van der Waals surface area contributed by atoms with Crippen LogP contribution in [0.4, 0.5) is 10.1 Å². The third-order valence-corrected chi connectivity index (χ3v) is 3.22. The largest absolute Gasteiger partial charge is 0.308 e. The molecule has 0 unspecified atom stereocenters. The van der Waals surface area contributed by atoms with E-state index in [0.717, 1.165) is 12.1 Å². The summed E-state index contributed by atoms with van der Waals surface area (Å²) in [5.74, 6) is -0.395. The monoisotopic (exact) mass is 241 g/mol. The second-order valence-electron chi connectivity index (χ2n) is 4.34. The average Bonchev–Trinajstić information content (AvgIpc) is 2.82. The van der Waals surface area contributed by atoms with E-state index in [1.54, 1.807) is 4.90 Å². The van der Waals surface area contributed by atoms with Gasteiger partial charge >= 0.3 is 0 Å². The molecule has 0 atom stereocenters. The van der Waals surface area contributed by atoms with Gasteiger partial charge in [0.05, 0.1) is 0 Å². The van der Waals surface area contributed by atoms with Crippen LogP contribution in [0.2, 0.25) is 0 Å². The average molecular weight is 241 g/mol. The molecule has 18 heavy (non-hydrogen) atoms. The van der Waals surface area contributed by atoms with Crippen molar-refractivity contribution in [2.24, 2.45) is 0 Å². The van der Waals surface area contributed by atoms with Crippen LogP contribution in [0.25, 0.3) is 0 Å². The van der Waals surface area contributed by atoms with Crippen molar-refractivity contribution < 1.29 is 9.18 Å². The Morgan fingerprint density at radius 1 is 1.06 bits per heavy atom. The molecule has 0 radical (unpaired) electrons. The zero-order valence-electron chi connectivity index (χ0n) is 9.77. The fourth-order valence-electron chi connectivity index (χ4n) is 2.30. The SMILES string of the molecule is O=C(c1ccc(F)cc1)N1CCc2ccccc21. The summed E-state index contributed by atoms with van der Waals surface area (Å²) < 4.78 is 12.8. The summed E-state index contributed by atoms with van der Waals surface area (Å²) in [4.78, 5) is 14.1. The highest BCUT2D eigenvalue weighted by Gasteiger charge is 2.24. The summed E-state index contributed by atoms with van der Waals surface area (Å²) >= 11 is 0. The molecule has 90 valence electrons. The number of benzene rings is 2. The number of nitrogens with zero attached hydrogens (tertiary/aromatic N) is 1. The Morgan fingerprint density at radius 3 is 2.56 bits per heavy atom. The van der Waals surface area contributed by atoms with E-state index in [2.05, 4.69) is 0 Å². The third-order valence-electron chi connectivity index (χ3n) is 3.22. The highest BCUT2D eigenvalue weighted by Crippen LogP contribution is 2.28. The Hall–Kier alpha value is -2.16. The molecule has 1 aliphatic heterocycles. The molecular weight excluding hydrogens is 229 g/mol. The minimum absolute atomic E-state index is 0.0695. The Bertz CT molecular complexity index is 592. The quantitative estimate of drug-likeness (QED) is 0.751. The van der Waals surface area contributed by atoms with Gasteiger partial charge in [0.1, 0.15) is 5.82 Å². The minimum Gasteiger partial charge on any atom is -0.308 e. The Morgan fingerprint density at radius 2 is 1.78 bits per heavy atom. The first kappa shape index (κ1) is 11.0. The summed E-state index contributed by atoms with van der Waals surface area (Å²) in [6, 6.07) is 13.6. The predicted octanol–water partition coefficient (Wildman–Crippen LogP) is 3.03. The smallest absolute Gasteiger partial charge is 0.258 e. The Balaban J connectivity index is 1.93. The van der Waals surface area contributed by atoms with Crippen LogP contribution in [-0.2, 0) is 6.42 Å². The van der Waals surface area contributed by atoms with E-state index in [1.165, 1.54) is 29.8 Å². The van der Waals surface area contributed by atoms with Gasteiger partial charge in [-0.1, -0.05) is 18.2 Å². The molecule has 0 aliphatic carbocycles. The lowest BCUT2D eigenvalue weighted by atomic mass is 10.1. The first-order valence-electron chi connectivity index (χ1n) is 5.91. The normalized spacial score (nSPS) is 13.5. The van der Waals surface area contributed by atoms with Crippen molar-refractivity contribution >= 4 is 11.6 Å². The summed E-state index contributed by atoms with van der Waals surface area (Å²) in [6.45, 7) is 0.690. The predicted molar refractivity (Wildman–Crippen MR) is 68.2 cm³/mol. The maximum atomic E-state index is 12.8. The van der Waals surface area contributed by atoms with Gasteiger partial charge in [0, 0.05) is 17.8 Å². The molecule has 0 N–H and O–H groups in total. The van der Waals surface area contributed by atoms with Crippen LogP contribution in [-0.4, -0.2) is 12.5 Å². The van der Waals surface area contributed by atoms with E-state index in [1.807, 2.05) is 24.3 Å². The van der Waals surface area contributed by atoms with Crippen LogP contribution in [0.3, 0.4) is 0 Å². The summed E-state index contributed by atoms with van der Waals surface area (Å²) in [7, 11) is 0. The fraction of sp³-hybridized carbons (Fsp3) is 0.133. The number of hydrogen-bond acceptors (Lipinski definition) is 1. The van der Waals surface area contributed by atoms with Gasteiger partial charge in [-0.25, -0.2) is 4.39 Å². The lowest BCUT2D eigenvalue weighted by Crippen LogP contribution is -2.28. The molecule has 1 amide bonds. The van der Waals surface area contributed by atoms with Gasteiger partial charge in [-0.3, -0.25) is 4.79 Å². The Kier molecular flexibility index (Phi) is 2.59. The standard InChI is InChI=1S/C15H12FNO/c16-13-7-5-12(6-8-13)15(18)17-10-9-11-3-1-2-4-14(11)17/h1-8H,9-10H2. The molecule has 0 saturated carbocycles. The number of hydrogen-bond donors (Lipinski definition) is 0. The molecule has 0 aromatic heterocycles. The molecule has 3 heteroatoms. The van der Waals surface area contributed by atoms with Crippen molar-refractivity contribution in [1.29, 1.82) is 0 Å². The molecule has 0 spiro atoms. The maximum Gasteiger partial charge on any atom is 0.258 e. The van der Waals surface area contributed by atoms with Crippen LogP contribution in [0.15, 0.2) is 48.5 Å². The van der Waals surface area contributed by atoms with Gasteiger partial charge < -0.3 is 4.90 Å². The van der Waals surface area contributed by atoms with Gasteiger partial charge in [0.25, 0.3) is 5.91 Å². The van der Waals surface area contributed by atoms with Gasteiger partial charge in [-0.05, 0) is 42.3 Å². The Labute approximate surface area is 105 Å². The molecular formula is C15H12FNO. The molecule has 2 nitrogen and oxygen atoms in total. The molecule has 0 bridgehead atoms. The number of fused-ring (bicyclic) bond motifs is 1. The molecule has 1 heterocycles. The first-order chi connectivity index (χ1) is 8.75. The second kappa shape index (κ2) is 4.26. The number of anilines is 1. The summed E-state index contributed by atoms with van der Waals surface area (Å²) in [5.41, 5.74) is 2.67.